The quantitative estimate of drug-likeness (QED) is 0.588. The normalized spacial score (nSPS) is 14.9. The Hall–Kier alpha value is -2.08. The van der Waals surface area contributed by atoms with Crippen molar-refractivity contribution in [3.05, 3.63) is 80.9 Å². The fraction of sp³-hybridized carbons (Fsp3) is 0.304. The van der Waals surface area contributed by atoms with E-state index in [0.29, 0.717) is 0 Å². The average Bonchev–Trinajstić information content (AvgIpc) is 2.76. The predicted octanol–water partition coefficient (Wildman–Crippen LogP) is 6.57. The summed E-state index contributed by atoms with van der Waals surface area (Å²) >= 11 is 0. The Morgan fingerprint density at radius 2 is 0.957 bits per heavy atom. The molecule has 0 unspecified atom stereocenters. The fourth-order valence-electron chi connectivity index (χ4n) is 3.79. The molecule has 0 heteroatoms. The van der Waals surface area contributed by atoms with Crippen LogP contribution in [0.1, 0.15) is 53.6 Å². The first-order chi connectivity index (χ1) is 10.9. The van der Waals surface area contributed by atoms with Crippen LogP contribution in [0, 0.1) is 27.7 Å². The van der Waals surface area contributed by atoms with E-state index in [1.807, 2.05) is 0 Å². The summed E-state index contributed by atoms with van der Waals surface area (Å²) in [6, 6.07) is 13.6. The van der Waals surface area contributed by atoms with Gasteiger partial charge in [0.2, 0.25) is 0 Å². The van der Waals surface area contributed by atoms with E-state index < -0.39 is 0 Å². The van der Waals surface area contributed by atoms with Crippen LogP contribution in [0.2, 0.25) is 0 Å². The maximum atomic E-state index is 2.29. The molecule has 0 heterocycles. The molecule has 0 atom stereocenters. The van der Waals surface area contributed by atoms with Crippen LogP contribution in [0.25, 0.3) is 11.1 Å². The van der Waals surface area contributed by atoms with Crippen molar-refractivity contribution in [1.29, 1.82) is 0 Å². The van der Waals surface area contributed by atoms with Crippen LogP contribution in [0.15, 0.2) is 47.5 Å². The van der Waals surface area contributed by atoms with Crippen molar-refractivity contribution >= 4 is 11.1 Å². The lowest BCUT2D eigenvalue weighted by molar-refractivity contribution is 1.30. The van der Waals surface area contributed by atoms with Crippen molar-refractivity contribution in [2.45, 2.75) is 48.0 Å². The third-order valence-electron chi connectivity index (χ3n) is 5.24. The average molecular weight is 302 g/mol. The third-order valence-corrected chi connectivity index (χ3v) is 5.24. The zero-order chi connectivity index (χ0) is 16.7. The Labute approximate surface area is 140 Å². The van der Waals surface area contributed by atoms with E-state index in [0.717, 1.165) is 6.42 Å². The van der Waals surface area contributed by atoms with Gasteiger partial charge in [-0.1, -0.05) is 47.5 Å². The molecule has 0 bridgehead atoms. The maximum absolute atomic E-state index is 2.29. The molecule has 1 aliphatic rings. The summed E-state index contributed by atoms with van der Waals surface area (Å²) in [6.45, 7) is 13.3. The van der Waals surface area contributed by atoms with Gasteiger partial charge in [0.25, 0.3) is 0 Å². The lowest BCUT2D eigenvalue weighted by Gasteiger charge is -2.12. The molecule has 23 heavy (non-hydrogen) atoms. The smallest absolute Gasteiger partial charge is 0.000823 e. The molecule has 1 aliphatic carbocycles. The molecule has 0 saturated heterocycles. The Balaban J connectivity index is 2.04. The zero-order valence-corrected chi connectivity index (χ0v) is 15.2. The minimum absolute atomic E-state index is 1.05. The standard InChI is InChI=1S/C23H26/c1-14-7-9-20(16(3)11-14)22-13-23(19(6)18(22)5)21-10-8-15(2)12-17(21)4/h7-12H,13H2,1-6H3. The Morgan fingerprint density at radius 1 is 0.565 bits per heavy atom. The minimum Gasteiger partial charge on any atom is -0.0587 e. The van der Waals surface area contributed by atoms with Crippen molar-refractivity contribution in [2.75, 3.05) is 0 Å². The van der Waals surface area contributed by atoms with E-state index in [1.54, 1.807) is 0 Å². The molecule has 2 aromatic carbocycles. The summed E-state index contributed by atoms with van der Waals surface area (Å²) < 4.78 is 0. The molecule has 0 aromatic heterocycles. The second-order valence-corrected chi connectivity index (χ2v) is 7.02. The van der Waals surface area contributed by atoms with Crippen LogP contribution in [0.4, 0.5) is 0 Å². The van der Waals surface area contributed by atoms with Gasteiger partial charge in [-0.15, -0.1) is 0 Å². The molecule has 0 N–H and O–H groups in total. The molecule has 0 spiro atoms. The molecular weight excluding hydrogens is 276 g/mol. The highest BCUT2D eigenvalue weighted by Crippen LogP contribution is 2.44. The summed E-state index contributed by atoms with van der Waals surface area (Å²) in [4.78, 5) is 0. The monoisotopic (exact) mass is 302 g/mol. The van der Waals surface area contributed by atoms with Gasteiger partial charge < -0.3 is 0 Å². The molecule has 0 aliphatic heterocycles. The van der Waals surface area contributed by atoms with Gasteiger partial charge in [0.15, 0.2) is 0 Å². The van der Waals surface area contributed by atoms with Gasteiger partial charge in [0, 0.05) is 0 Å². The minimum atomic E-state index is 1.05. The highest BCUT2D eigenvalue weighted by molar-refractivity contribution is 5.93. The number of allylic oxidation sites excluding steroid dienone is 4. The van der Waals surface area contributed by atoms with Gasteiger partial charge in [0.1, 0.15) is 0 Å². The Kier molecular flexibility index (Phi) is 4.02. The molecule has 118 valence electrons. The van der Waals surface area contributed by atoms with Gasteiger partial charge in [-0.05, 0) is 92.5 Å². The van der Waals surface area contributed by atoms with E-state index in [4.69, 9.17) is 0 Å². The second-order valence-electron chi connectivity index (χ2n) is 7.02. The molecule has 0 saturated carbocycles. The van der Waals surface area contributed by atoms with Gasteiger partial charge >= 0.3 is 0 Å². The van der Waals surface area contributed by atoms with E-state index in [9.17, 15) is 0 Å². The summed E-state index contributed by atoms with van der Waals surface area (Å²) in [7, 11) is 0. The van der Waals surface area contributed by atoms with E-state index in [1.165, 1.54) is 55.7 Å². The molecule has 0 fully saturated rings. The highest BCUT2D eigenvalue weighted by atomic mass is 14.3. The van der Waals surface area contributed by atoms with E-state index >= 15 is 0 Å². The first-order valence-corrected chi connectivity index (χ1v) is 8.43. The number of aryl methyl sites for hydroxylation is 4. The zero-order valence-electron chi connectivity index (χ0n) is 15.2. The number of hydrogen-bond donors (Lipinski definition) is 0. The Bertz CT molecular complexity index is 773. The van der Waals surface area contributed by atoms with E-state index in [-0.39, 0.29) is 0 Å². The molecule has 3 rings (SSSR count). The number of hydrogen-bond acceptors (Lipinski definition) is 0. The first-order valence-electron chi connectivity index (χ1n) is 8.43. The van der Waals surface area contributed by atoms with Crippen LogP contribution < -0.4 is 0 Å². The summed E-state index contributed by atoms with van der Waals surface area (Å²) in [5, 5.41) is 0. The molecule has 0 radical (unpaired) electrons. The van der Waals surface area contributed by atoms with Gasteiger partial charge in [-0.2, -0.15) is 0 Å². The second kappa shape index (κ2) is 5.85. The van der Waals surface area contributed by atoms with E-state index in [2.05, 4.69) is 77.9 Å². The Morgan fingerprint density at radius 3 is 1.30 bits per heavy atom. The molecular formula is C23H26. The maximum Gasteiger partial charge on any atom is -0.000823 e. The lowest BCUT2D eigenvalue weighted by Crippen LogP contribution is -1.92. The van der Waals surface area contributed by atoms with Crippen molar-refractivity contribution in [3.8, 4) is 0 Å². The van der Waals surface area contributed by atoms with Gasteiger partial charge in [-0.3, -0.25) is 0 Å². The van der Waals surface area contributed by atoms with Crippen LogP contribution >= 0.6 is 0 Å². The predicted molar refractivity (Wildman–Crippen MR) is 102 cm³/mol. The van der Waals surface area contributed by atoms with Crippen molar-refractivity contribution in [1.82, 2.24) is 0 Å². The van der Waals surface area contributed by atoms with Gasteiger partial charge in [0.05, 0.1) is 0 Å². The molecule has 0 amide bonds. The molecule has 0 nitrogen and oxygen atoms in total. The molecule has 2 aromatic rings. The summed E-state index contributed by atoms with van der Waals surface area (Å²) in [5.74, 6) is 0. The third kappa shape index (κ3) is 2.79. The number of benzene rings is 2. The van der Waals surface area contributed by atoms with Crippen LogP contribution in [-0.4, -0.2) is 0 Å². The number of rotatable bonds is 2. The van der Waals surface area contributed by atoms with Crippen LogP contribution in [0.3, 0.4) is 0 Å². The largest absolute Gasteiger partial charge is 0.0587 e. The lowest BCUT2D eigenvalue weighted by atomic mass is 9.92. The van der Waals surface area contributed by atoms with Crippen molar-refractivity contribution in [3.63, 3.8) is 0 Å². The van der Waals surface area contributed by atoms with Crippen molar-refractivity contribution < 1.29 is 0 Å². The fourth-order valence-corrected chi connectivity index (χ4v) is 3.79. The summed E-state index contributed by atoms with van der Waals surface area (Å²) in [6.07, 6.45) is 1.05. The van der Waals surface area contributed by atoms with Crippen molar-refractivity contribution in [2.24, 2.45) is 0 Å². The highest BCUT2D eigenvalue weighted by Gasteiger charge is 2.22. The van der Waals surface area contributed by atoms with Crippen LogP contribution in [-0.2, 0) is 0 Å². The van der Waals surface area contributed by atoms with Gasteiger partial charge in [-0.25, -0.2) is 0 Å². The first kappa shape index (κ1) is 15.8. The topological polar surface area (TPSA) is 0 Å². The summed E-state index contributed by atoms with van der Waals surface area (Å²) in [5.41, 5.74) is 14.1. The SMILES string of the molecule is CC1=C(c2ccc(C)cc2C)CC(c2ccc(C)cc2C)=C1C. The van der Waals surface area contributed by atoms with Crippen LogP contribution in [0.5, 0.6) is 0 Å².